The summed E-state index contributed by atoms with van der Waals surface area (Å²) in [7, 11) is 0. The van der Waals surface area contributed by atoms with E-state index < -0.39 is 107 Å². The van der Waals surface area contributed by atoms with Gasteiger partial charge in [0.15, 0.2) is 0 Å². The molecule has 0 fully saturated rings. The molecule has 59 heavy (non-hydrogen) atoms. The number of halogens is 6. The number of carbonyl (C=O) groups is 6. The lowest BCUT2D eigenvalue weighted by molar-refractivity contribution is -0.108. The number of anilines is 2. The highest BCUT2D eigenvalue weighted by atomic mass is 127. The number of aliphatic hydroxyl groups excluding tert-OH is 8. The molecule has 0 bridgehead atoms. The molecule has 2 unspecified atom stereocenters. The fourth-order valence-electron chi connectivity index (χ4n) is 5.82. The fraction of sp³-hybridized carbons (Fsp3) is 0.455. The van der Waals surface area contributed by atoms with Gasteiger partial charge in [-0.3, -0.25) is 28.8 Å². The van der Waals surface area contributed by atoms with E-state index in [0.717, 1.165) is 19.6 Å². The largest absolute Gasteiger partial charge is 0.395 e. The summed E-state index contributed by atoms with van der Waals surface area (Å²) in [5, 5.41) is 81.0. The second-order valence-electron chi connectivity index (χ2n) is 12.4. The van der Waals surface area contributed by atoms with E-state index in [4.69, 9.17) is 11.5 Å². The summed E-state index contributed by atoms with van der Waals surface area (Å²) < 4.78 is 0.632. The third-order valence-corrected chi connectivity index (χ3v) is 15.0. The molecule has 0 saturated heterocycles. The van der Waals surface area contributed by atoms with Crippen LogP contribution >= 0.6 is 136 Å². The maximum absolute atomic E-state index is 13.9. The third-order valence-electron chi connectivity index (χ3n) is 8.62. The van der Waals surface area contributed by atoms with Gasteiger partial charge < -0.3 is 71.9 Å². The lowest BCUT2D eigenvalue weighted by Crippen LogP contribution is -2.47. The van der Waals surface area contributed by atoms with Gasteiger partial charge in [-0.25, -0.2) is 0 Å². The molecule has 26 heteroatoms. The number of hydrogen-bond donors (Lipinski definition) is 10. The highest BCUT2D eigenvalue weighted by molar-refractivity contribution is 14.1. The Morgan fingerprint density at radius 1 is 0.525 bits per heavy atom. The molecule has 0 aliphatic heterocycles. The molecule has 20 nitrogen and oxygen atoms in total. The van der Waals surface area contributed by atoms with Crippen LogP contribution in [-0.4, -0.2) is 177 Å². The van der Waals surface area contributed by atoms with Crippen LogP contribution in [0.1, 0.15) is 47.9 Å². The smallest absolute Gasteiger partial charge is 0.256 e. The number of benzene rings is 2. The Labute approximate surface area is 419 Å². The van der Waals surface area contributed by atoms with E-state index >= 15 is 0 Å². The summed E-state index contributed by atoms with van der Waals surface area (Å²) in [6.07, 6.45) is -2.91. The van der Waals surface area contributed by atoms with Crippen molar-refractivity contribution < 1.29 is 69.6 Å². The summed E-state index contributed by atoms with van der Waals surface area (Å²) >= 11 is 10.5. The van der Waals surface area contributed by atoms with Gasteiger partial charge >= 0.3 is 0 Å². The third kappa shape index (κ3) is 12.7. The first-order valence-corrected chi connectivity index (χ1v) is 23.3. The van der Waals surface area contributed by atoms with Crippen molar-refractivity contribution in [1.29, 1.82) is 0 Å². The molecule has 0 aromatic heterocycles. The molecule has 0 saturated carbocycles. The number of aliphatic hydroxyl groups is 8. The Bertz CT molecular complexity index is 1760. The summed E-state index contributed by atoms with van der Waals surface area (Å²) in [6.45, 7) is -5.45. The molecular formula is C33H40I6N6O14. The Balaban J connectivity index is 2.61. The minimum absolute atomic E-state index is 0.0191. The molecule has 6 amide bonds. The summed E-state index contributed by atoms with van der Waals surface area (Å²) in [5.41, 5.74) is 10.8. The molecule has 0 aliphatic rings. The highest BCUT2D eigenvalue weighted by Crippen LogP contribution is 2.40. The van der Waals surface area contributed by atoms with E-state index in [1.807, 2.05) is 0 Å². The zero-order valence-corrected chi connectivity index (χ0v) is 43.4. The topological polar surface area (TPSA) is 329 Å². The van der Waals surface area contributed by atoms with E-state index in [-0.39, 0.29) is 68.1 Å². The predicted octanol–water partition coefficient (Wildman–Crippen LogP) is -1.17. The molecule has 12 N–H and O–H groups in total. The van der Waals surface area contributed by atoms with Gasteiger partial charge in [0.25, 0.3) is 23.6 Å². The van der Waals surface area contributed by atoms with Crippen molar-refractivity contribution in [3.63, 3.8) is 0 Å². The lowest BCUT2D eigenvalue weighted by Gasteiger charge is -2.32. The maximum atomic E-state index is 13.9. The fourth-order valence-corrected chi connectivity index (χ4v) is 15.4. The van der Waals surface area contributed by atoms with Crippen molar-refractivity contribution in [1.82, 2.24) is 9.80 Å². The quantitative estimate of drug-likeness (QED) is 0.0438. The molecule has 328 valence electrons. The Hall–Kier alpha value is -0.680. The molecule has 0 aliphatic carbocycles. The second-order valence-corrected chi connectivity index (χ2v) is 18.8. The van der Waals surface area contributed by atoms with E-state index in [1.165, 1.54) is 0 Å². The minimum Gasteiger partial charge on any atom is -0.395 e. The van der Waals surface area contributed by atoms with Crippen LogP contribution in [0.2, 0.25) is 0 Å². The number of nitrogens with two attached hydrogens (primary N) is 2. The van der Waals surface area contributed by atoms with Gasteiger partial charge in [-0.05, 0) is 136 Å². The molecule has 0 radical (unpaired) electrons. The summed E-state index contributed by atoms with van der Waals surface area (Å²) in [6, 6.07) is -2.27. The first-order chi connectivity index (χ1) is 27.8. The van der Waals surface area contributed by atoms with Crippen molar-refractivity contribution in [2.45, 2.75) is 30.7 Å². The first kappa shape index (κ1) is 54.5. The summed E-state index contributed by atoms with van der Waals surface area (Å²) in [4.78, 5) is 82.5. The van der Waals surface area contributed by atoms with E-state index in [1.54, 1.807) is 136 Å². The Kier molecular flexibility index (Phi) is 23.6. The average molecular weight is 1510 g/mol. The number of amides is 6. The van der Waals surface area contributed by atoms with Gasteiger partial charge in [-0.1, -0.05) is 0 Å². The van der Waals surface area contributed by atoms with Gasteiger partial charge in [0.2, 0.25) is 12.8 Å². The van der Waals surface area contributed by atoms with Gasteiger partial charge in [0.05, 0.1) is 125 Å². The normalized spacial score (nSPS) is 12.3. The molecule has 2 aromatic rings. The lowest BCUT2D eigenvalue weighted by atomic mass is 10.0. The zero-order chi connectivity index (χ0) is 45.0. The molecule has 0 heterocycles. The van der Waals surface area contributed by atoms with Gasteiger partial charge in [0.1, 0.15) is 0 Å². The average Bonchev–Trinajstić information content (AvgIpc) is 3.16. The predicted molar refractivity (Wildman–Crippen MR) is 262 cm³/mol. The van der Waals surface area contributed by atoms with Gasteiger partial charge in [0, 0.05) is 26.7 Å². The van der Waals surface area contributed by atoms with E-state index in [0.29, 0.717) is 12.8 Å². The number of hydrogen-bond acceptors (Lipinski definition) is 14. The van der Waals surface area contributed by atoms with Crippen molar-refractivity contribution in [2.75, 3.05) is 75.6 Å². The standard InChI is InChI=1S/C33H40I6N6O14/c34-22-18(30(40)56)24(36)28(26(38)20(22)32(58)44(1-3-46)14(8-48)9-49)42(12-52)6-16(54)5-17(55)7-43(13-53)29-25(37)19(31(41)57)23(35)21(27(29)39)33(59)45(2-4-47)15(10-50)11-51/h12-17,46-51,54-55H,1-11H2,(H2,40,56)(H2,41,57). The van der Waals surface area contributed by atoms with Crippen molar-refractivity contribution in [3.05, 3.63) is 43.7 Å². The van der Waals surface area contributed by atoms with Gasteiger partial charge in [-0.2, -0.15) is 0 Å². The molecule has 0 spiro atoms. The van der Waals surface area contributed by atoms with Crippen LogP contribution in [0.5, 0.6) is 0 Å². The Morgan fingerprint density at radius 3 is 1.05 bits per heavy atom. The number of carbonyl (C=O) groups excluding carboxylic acids is 6. The molecule has 2 rings (SSSR count). The van der Waals surface area contributed by atoms with Crippen molar-refractivity contribution >= 4 is 183 Å². The number of primary amides is 2. The van der Waals surface area contributed by atoms with Crippen molar-refractivity contribution in [3.8, 4) is 0 Å². The monoisotopic (exact) mass is 1510 g/mol. The highest BCUT2D eigenvalue weighted by Gasteiger charge is 2.36. The number of rotatable bonds is 24. The SMILES string of the molecule is NC(=O)c1c(I)c(C(=O)N(CCO)C(CO)CO)c(I)c(N(C=O)CC(O)CC(O)CN(C=O)c2c(I)c(C(N)=O)c(I)c(C(=O)N(CCO)C(CO)CO)c2I)c1I. The van der Waals surface area contributed by atoms with Crippen LogP contribution in [0.4, 0.5) is 11.4 Å². The minimum atomic E-state index is -1.53. The van der Waals surface area contributed by atoms with Crippen LogP contribution in [0.25, 0.3) is 0 Å². The molecule has 2 atom stereocenters. The van der Waals surface area contributed by atoms with Gasteiger partial charge in [-0.15, -0.1) is 0 Å². The van der Waals surface area contributed by atoms with E-state index in [9.17, 15) is 69.6 Å². The zero-order valence-electron chi connectivity index (χ0n) is 30.5. The summed E-state index contributed by atoms with van der Waals surface area (Å²) in [5.74, 6) is -3.57. The van der Waals surface area contributed by atoms with E-state index in [2.05, 4.69) is 0 Å². The second kappa shape index (κ2) is 25.6. The van der Waals surface area contributed by atoms with Crippen LogP contribution in [0, 0.1) is 21.4 Å². The van der Waals surface area contributed by atoms with Crippen LogP contribution < -0.4 is 21.3 Å². The van der Waals surface area contributed by atoms with Crippen LogP contribution in [0.15, 0.2) is 0 Å². The molecular weight excluding hydrogens is 1470 g/mol. The van der Waals surface area contributed by atoms with Crippen LogP contribution in [-0.2, 0) is 9.59 Å². The number of nitrogens with zero attached hydrogens (tertiary/aromatic N) is 4. The first-order valence-electron chi connectivity index (χ1n) is 16.9. The van der Waals surface area contributed by atoms with Crippen LogP contribution in [0.3, 0.4) is 0 Å². The van der Waals surface area contributed by atoms with Crippen molar-refractivity contribution in [2.24, 2.45) is 11.5 Å². The molecule has 2 aromatic carbocycles. The Morgan fingerprint density at radius 2 is 0.814 bits per heavy atom. The maximum Gasteiger partial charge on any atom is 0.256 e.